The van der Waals surface area contributed by atoms with Crippen LogP contribution in [0.3, 0.4) is 0 Å². The Morgan fingerprint density at radius 2 is 1.63 bits per heavy atom. The minimum atomic E-state index is -0.508. The molecule has 2 aliphatic rings. The van der Waals surface area contributed by atoms with Crippen molar-refractivity contribution in [2.45, 2.75) is 27.2 Å². The van der Waals surface area contributed by atoms with Gasteiger partial charge >= 0.3 is 0 Å². The maximum absolute atomic E-state index is 12.7. The van der Waals surface area contributed by atoms with E-state index in [1.54, 1.807) is 41.3 Å². The zero-order valence-corrected chi connectivity index (χ0v) is 17.2. The molecule has 0 spiro atoms. The summed E-state index contributed by atoms with van der Waals surface area (Å²) in [5, 5.41) is 2.74. The highest BCUT2D eigenvalue weighted by atomic mass is 16.2. The fraction of sp³-hybridized carbons (Fsp3) is 0.304. The van der Waals surface area contributed by atoms with Crippen molar-refractivity contribution in [1.82, 2.24) is 4.90 Å². The quantitative estimate of drug-likeness (QED) is 0.796. The maximum Gasteiger partial charge on any atom is 0.262 e. The molecule has 0 saturated heterocycles. The second kappa shape index (κ2) is 7.09. The van der Waals surface area contributed by atoms with Crippen LogP contribution in [-0.2, 0) is 16.0 Å². The SMILES string of the molecule is CC(C)(C)C(=O)N1CCc2ccc(NC(=O)CN3C(=O)c4ccccc4C3=O)cc21. The van der Waals surface area contributed by atoms with Gasteiger partial charge < -0.3 is 10.2 Å². The van der Waals surface area contributed by atoms with E-state index in [0.29, 0.717) is 23.4 Å². The van der Waals surface area contributed by atoms with E-state index in [1.807, 2.05) is 26.8 Å². The van der Waals surface area contributed by atoms with Crippen LogP contribution >= 0.6 is 0 Å². The van der Waals surface area contributed by atoms with Crippen molar-refractivity contribution in [2.24, 2.45) is 5.41 Å². The minimum Gasteiger partial charge on any atom is -0.324 e. The molecule has 4 amide bonds. The third kappa shape index (κ3) is 3.36. The molecule has 0 bridgehead atoms. The normalized spacial score (nSPS) is 15.3. The first-order chi connectivity index (χ1) is 14.2. The number of hydrogen-bond donors (Lipinski definition) is 1. The van der Waals surface area contributed by atoms with Gasteiger partial charge in [0.25, 0.3) is 11.8 Å². The predicted octanol–water partition coefficient (Wildman–Crippen LogP) is 2.86. The van der Waals surface area contributed by atoms with Crippen molar-refractivity contribution in [2.75, 3.05) is 23.3 Å². The first-order valence-electron chi connectivity index (χ1n) is 9.87. The van der Waals surface area contributed by atoms with Crippen molar-refractivity contribution in [3.8, 4) is 0 Å². The Hall–Kier alpha value is -3.48. The van der Waals surface area contributed by atoms with Gasteiger partial charge in [-0.25, -0.2) is 0 Å². The third-order valence-electron chi connectivity index (χ3n) is 5.33. The smallest absolute Gasteiger partial charge is 0.262 e. The minimum absolute atomic E-state index is 0.0238. The molecule has 2 aromatic carbocycles. The molecule has 7 heteroatoms. The van der Waals surface area contributed by atoms with Gasteiger partial charge in [-0.05, 0) is 36.2 Å². The van der Waals surface area contributed by atoms with Crippen molar-refractivity contribution in [1.29, 1.82) is 0 Å². The van der Waals surface area contributed by atoms with Crippen LogP contribution in [-0.4, -0.2) is 41.6 Å². The number of benzene rings is 2. The highest BCUT2D eigenvalue weighted by Crippen LogP contribution is 2.34. The Morgan fingerprint density at radius 3 is 2.23 bits per heavy atom. The summed E-state index contributed by atoms with van der Waals surface area (Å²) in [6.07, 6.45) is 0.764. The third-order valence-corrected chi connectivity index (χ3v) is 5.33. The average Bonchev–Trinajstić information content (AvgIpc) is 3.21. The van der Waals surface area contributed by atoms with Crippen molar-refractivity contribution in [3.05, 3.63) is 59.2 Å². The Balaban J connectivity index is 1.49. The van der Waals surface area contributed by atoms with Gasteiger partial charge in [0.1, 0.15) is 6.54 Å². The first-order valence-corrected chi connectivity index (χ1v) is 9.87. The second-order valence-electron chi connectivity index (χ2n) is 8.59. The summed E-state index contributed by atoms with van der Waals surface area (Å²) in [6.45, 7) is 5.87. The van der Waals surface area contributed by atoms with Crippen LogP contribution in [0, 0.1) is 5.41 Å². The summed E-state index contributed by atoms with van der Waals surface area (Å²) in [7, 11) is 0. The molecule has 154 valence electrons. The lowest BCUT2D eigenvalue weighted by Gasteiger charge is -2.26. The molecule has 0 saturated carbocycles. The number of anilines is 2. The lowest BCUT2D eigenvalue weighted by Crippen LogP contribution is -2.38. The largest absolute Gasteiger partial charge is 0.324 e. The molecule has 0 unspecified atom stereocenters. The van der Waals surface area contributed by atoms with Gasteiger partial charge in [-0.1, -0.05) is 39.0 Å². The molecular formula is C23H23N3O4. The number of amides is 4. The summed E-state index contributed by atoms with van der Waals surface area (Å²) in [5.74, 6) is -1.39. The maximum atomic E-state index is 12.7. The highest BCUT2D eigenvalue weighted by molar-refractivity contribution is 6.22. The van der Waals surface area contributed by atoms with Crippen molar-refractivity contribution < 1.29 is 19.2 Å². The molecule has 2 aliphatic heterocycles. The standard InChI is InChI=1S/C23H23N3O4/c1-23(2,3)22(30)25-11-10-14-8-9-15(12-18(14)25)24-19(27)13-26-20(28)16-6-4-5-7-17(16)21(26)29/h4-9,12H,10-11,13H2,1-3H3,(H,24,27). The molecule has 4 rings (SSSR count). The van der Waals surface area contributed by atoms with Crippen LogP contribution in [0.5, 0.6) is 0 Å². The number of imide groups is 1. The lowest BCUT2D eigenvalue weighted by molar-refractivity contribution is -0.125. The summed E-state index contributed by atoms with van der Waals surface area (Å²) in [5.41, 5.74) is 2.46. The lowest BCUT2D eigenvalue weighted by atomic mass is 9.94. The number of fused-ring (bicyclic) bond motifs is 2. The molecule has 0 aromatic heterocycles. The number of nitrogens with zero attached hydrogens (tertiary/aromatic N) is 2. The molecule has 30 heavy (non-hydrogen) atoms. The van der Waals surface area contributed by atoms with E-state index in [2.05, 4.69) is 5.32 Å². The molecule has 2 aromatic rings. The molecule has 1 N–H and O–H groups in total. The van der Waals surface area contributed by atoms with E-state index in [9.17, 15) is 19.2 Å². The van der Waals surface area contributed by atoms with E-state index in [4.69, 9.17) is 0 Å². The van der Waals surface area contributed by atoms with Crippen LogP contribution in [0.2, 0.25) is 0 Å². The first kappa shape index (κ1) is 19.8. The van der Waals surface area contributed by atoms with Gasteiger partial charge in [0.2, 0.25) is 11.8 Å². The van der Waals surface area contributed by atoms with Crippen LogP contribution in [0.15, 0.2) is 42.5 Å². The molecular weight excluding hydrogens is 382 g/mol. The monoisotopic (exact) mass is 405 g/mol. The highest BCUT2D eigenvalue weighted by Gasteiger charge is 2.36. The number of hydrogen-bond acceptors (Lipinski definition) is 4. The number of carbonyl (C=O) groups excluding carboxylic acids is 4. The summed E-state index contributed by atoms with van der Waals surface area (Å²) in [6, 6.07) is 12.0. The summed E-state index contributed by atoms with van der Waals surface area (Å²) < 4.78 is 0. The Bertz CT molecular complexity index is 1050. The molecule has 0 radical (unpaired) electrons. The van der Waals surface area contributed by atoms with Gasteiger partial charge in [0, 0.05) is 23.3 Å². The van der Waals surface area contributed by atoms with Gasteiger partial charge in [-0.15, -0.1) is 0 Å². The number of rotatable bonds is 3. The molecule has 0 fully saturated rings. The van der Waals surface area contributed by atoms with Gasteiger partial charge in [-0.2, -0.15) is 0 Å². The Labute approximate surface area is 174 Å². The molecule has 0 atom stereocenters. The predicted molar refractivity (Wildman–Crippen MR) is 112 cm³/mol. The second-order valence-corrected chi connectivity index (χ2v) is 8.59. The summed E-state index contributed by atoms with van der Waals surface area (Å²) >= 11 is 0. The Kier molecular flexibility index (Phi) is 4.68. The van der Waals surface area contributed by atoms with Gasteiger partial charge in [0.15, 0.2) is 0 Å². The van der Waals surface area contributed by atoms with E-state index in [1.165, 1.54) is 0 Å². The van der Waals surface area contributed by atoms with Crippen LogP contribution in [0.4, 0.5) is 11.4 Å². The van der Waals surface area contributed by atoms with Gasteiger partial charge in [-0.3, -0.25) is 24.1 Å². The zero-order chi connectivity index (χ0) is 21.6. The van der Waals surface area contributed by atoms with E-state index >= 15 is 0 Å². The van der Waals surface area contributed by atoms with E-state index in [0.717, 1.165) is 22.6 Å². The van der Waals surface area contributed by atoms with E-state index < -0.39 is 23.1 Å². The Morgan fingerprint density at radius 1 is 1.00 bits per heavy atom. The molecule has 7 nitrogen and oxygen atoms in total. The zero-order valence-electron chi connectivity index (χ0n) is 17.2. The average molecular weight is 405 g/mol. The van der Waals surface area contributed by atoms with Crippen molar-refractivity contribution >= 4 is 35.0 Å². The molecule has 0 aliphatic carbocycles. The van der Waals surface area contributed by atoms with E-state index in [-0.39, 0.29) is 12.5 Å². The van der Waals surface area contributed by atoms with Crippen LogP contribution in [0.1, 0.15) is 47.1 Å². The van der Waals surface area contributed by atoms with Gasteiger partial charge in [0.05, 0.1) is 11.1 Å². The van der Waals surface area contributed by atoms with Crippen LogP contribution < -0.4 is 10.2 Å². The van der Waals surface area contributed by atoms with Crippen molar-refractivity contribution in [3.63, 3.8) is 0 Å². The topological polar surface area (TPSA) is 86.8 Å². The number of nitrogens with one attached hydrogen (secondary N) is 1. The summed E-state index contributed by atoms with van der Waals surface area (Å²) in [4.78, 5) is 52.9. The van der Waals surface area contributed by atoms with Crippen LogP contribution in [0.25, 0.3) is 0 Å². The fourth-order valence-corrected chi connectivity index (χ4v) is 3.80. The number of carbonyl (C=O) groups is 4. The fourth-order valence-electron chi connectivity index (χ4n) is 3.80. The molecule has 2 heterocycles.